The quantitative estimate of drug-likeness (QED) is 0.840. The standard InChI is InChI=1S/C17H24O4/c1-8(2)11-7-12(9(3)4)15(17(20)21)13(10(5)6)14(11)16(18)19/h7-10H,1-6H3,(H,18,19)(H,20,21). The zero-order chi connectivity index (χ0) is 16.5. The molecule has 0 aliphatic carbocycles. The molecular weight excluding hydrogens is 268 g/mol. The summed E-state index contributed by atoms with van der Waals surface area (Å²) < 4.78 is 0. The summed E-state index contributed by atoms with van der Waals surface area (Å²) >= 11 is 0. The summed E-state index contributed by atoms with van der Waals surface area (Å²) in [5, 5.41) is 19.2. The van der Waals surface area contributed by atoms with E-state index in [1.165, 1.54) is 0 Å². The fraction of sp³-hybridized carbons (Fsp3) is 0.529. The Morgan fingerprint density at radius 2 is 1.10 bits per heavy atom. The van der Waals surface area contributed by atoms with Gasteiger partial charge in [0.2, 0.25) is 0 Å². The Morgan fingerprint density at radius 3 is 1.29 bits per heavy atom. The second-order valence-electron chi connectivity index (χ2n) is 6.29. The summed E-state index contributed by atoms with van der Waals surface area (Å²) in [6.45, 7) is 11.4. The molecule has 4 heteroatoms. The van der Waals surface area contributed by atoms with Crippen LogP contribution in [0.2, 0.25) is 0 Å². The molecule has 0 unspecified atom stereocenters. The van der Waals surface area contributed by atoms with Crippen LogP contribution in [0, 0.1) is 0 Å². The molecule has 0 bridgehead atoms. The number of carboxylic acids is 2. The molecule has 0 amide bonds. The molecule has 116 valence electrons. The average Bonchev–Trinajstić information content (AvgIpc) is 2.34. The van der Waals surface area contributed by atoms with Crippen molar-refractivity contribution in [1.29, 1.82) is 0 Å². The van der Waals surface area contributed by atoms with E-state index in [1.54, 1.807) is 6.07 Å². The number of benzene rings is 1. The van der Waals surface area contributed by atoms with Crippen LogP contribution < -0.4 is 0 Å². The third-order valence-electron chi connectivity index (χ3n) is 3.68. The monoisotopic (exact) mass is 292 g/mol. The van der Waals surface area contributed by atoms with Gasteiger partial charge in [-0.2, -0.15) is 0 Å². The molecule has 0 fully saturated rings. The lowest BCUT2D eigenvalue weighted by Crippen LogP contribution is -2.18. The summed E-state index contributed by atoms with van der Waals surface area (Å²) in [5.74, 6) is -2.23. The topological polar surface area (TPSA) is 74.6 Å². The molecular formula is C17H24O4. The summed E-state index contributed by atoms with van der Waals surface area (Å²) in [7, 11) is 0. The molecule has 1 aromatic carbocycles. The minimum Gasteiger partial charge on any atom is -0.478 e. The molecule has 0 radical (unpaired) electrons. The molecule has 0 atom stereocenters. The van der Waals surface area contributed by atoms with Crippen LogP contribution in [0.4, 0.5) is 0 Å². The Morgan fingerprint density at radius 1 is 0.762 bits per heavy atom. The highest BCUT2D eigenvalue weighted by Gasteiger charge is 2.29. The van der Waals surface area contributed by atoms with Gasteiger partial charge in [0.25, 0.3) is 0 Å². The van der Waals surface area contributed by atoms with E-state index in [9.17, 15) is 19.8 Å². The minimum atomic E-state index is -1.06. The molecule has 1 rings (SSSR count). The van der Waals surface area contributed by atoms with E-state index >= 15 is 0 Å². The van der Waals surface area contributed by atoms with E-state index in [0.29, 0.717) is 16.7 Å². The lowest BCUT2D eigenvalue weighted by atomic mass is 9.80. The maximum atomic E-state index is 11.7. The van der Waals surface area contributed by atoms with Crippen LogP contribution in [0.3, 0.4) is 0 Å². The van der Waals surface area contributed by atoms with Crippen LogP contribution in [-0.2, 0) is 0 Å². The van der Waals surface area contributed by atoms with Gasteiger partial charge in [0.15, 0.2) is 0 Å². The normalized spacial score (nSPS) is 11.5. The number of carboxylic acid groups (broad SMARTS) is 2. The van der Waals surface area contributed by atoms with Crippen molar-refractivity contribution in [2.45, 2.75) is 59.3 Å². The van der Waals surface area contributed by atoms with Crippen LogP contribution >= 0.6 is 0 Å². The SMILES string of the molecule is CC(C)c1cc(C(C)C)c(C(=O)O)c(C(C)C)c1C(=O)O. The number of rotatable bonds is 5. The van der Waals surface area contributed by atoms with Gasteiger partial charge < -0.3 is 10.2 Å². The molecule has 1 aromatic rings. The summed E-state index contributed by atoms with van der Waals surface area (Å²) in [5.41, 5.74) is 2.16. The highest BCUT2D eigenvalue weighted by Crippen LogP contribution is 2.36. The molecule has 0 aromatic heterocycles. The van der Waals surface area contributed by atoms with Crippen LogP contribution in [-0.4, -0.2) is 22.2 Å². The van der Waals surface area contributed by atoms with Crippen molar-refractivity contribution in [3.63, 3.8) is 0 Å². The zero-order valence-electron chi connectivity index (χ0n) is 13.5. The Balaban J connectivity index is 3.99. The molecule has 0 saturated heterocycles. The van der Waals surface area contributed by atoms with Crippen LogP contribution in [0.5, 0.6) is 0 Å². The van der Waals surface area contributed by atoms with E-state index < -0.39 is 11.9 Å². The Hall–Kier alpha value is -1.84. The van der Waals surface area contributed by atoms with Crippen LogP contribution in [0.15, 0.2) is 6.07 Å². The molecule has 0 spiro atoms. The fourth-order valence-electron chi connectivity index (χ4n) is 2.71. The first-order chi connectivity index (χ1) is 9.59. The lowest BCUT2D eigenvalue weighted by molar-refractivity contribution is 0.0692. The predicted octanol–water partition coefficient (Wildman–Crippen LogP) is 4.45. The van der Waals surface area contributed by atoms with E-state index in [0.717, 1.165) is 0 Å². The van der Waals surface area contributed by atoms with Crippen LogP contribution in [0.25, 0.3) is 0 Å². The first-order valence-corrected chi connectivity index (χ1v) is 7.26. The largest absolute Gasteiger partial charge is 0.478 e. The molecule has 4 nitrogen and oxygen atoms in total. The van der Waals surface area contributed by atoms with E-state index in [2.05, 4.69) is 0 Å². The lowest BCUT2D eigenvalue weighted by Gasteiger charge is -2.23. The number of aromatic carboxylic acids is 2. The summed E-state index contributed by atoms with van der Waals surface area (Å²) in [4.78, 5) is 23.4. The summed E-state index contributed by atoms with van der Waals surface area (Å²) in [6, 6.07) is 1.76. The van der Waals surface area contributed by atoms with Crippen molar-refractivity contribution in [3.05, 3.63) is 33.9 Å². The average molecular weight is 292 g/mol. The van der Waals surface area contributed by atoms with Crippen molar-refractivity contribution >= 4 is 11.9 Å². The van der Waals surface area contributed by atoms with Crippen molar-refractivity contribution in [2.75, 3.05) is 0 Å². The third-order valence-corrected chi connectivity index (χ3v) is 3.68. The Labute approximate surface area is 125 Å². The Kier molecular flexibility index (Phi) is 5.15. The van der Waals surface area contributed by atoms with E-state index in [4.69, 9.17) is 0 Å². The first-order valence-electron chi connectivity index (χ1n) is 7.26. The second-order valence-corrected chi connectivity index (χ2v) is 6.29. The predicted molar refractivity (Wildman–Crippen MR) is 82.6 cm³/mol. The molecule has 0 saturated carbocycles. The number of hydrogen-bond donors (Lipinski definition) is 2. The van der Waals surface area contributed by atoms with Gasteiger partial charge in [0, 0.05) is 0 Å². The highest BCUT2D eigenvalue weighted by molar-refractivity contribution is 5.99. The molecule has 2 N–H and O–H groups in total. The van der Waals surface area contributed by atoms with Gasteiger partial charge in [0.1, 0.15) is 0 Å². The van der Waals surface area contributed by atoms with Crippen molar-refractivity contribution < 1.29 is 19.8 Å². The number of carbonyl (C=O) groups is 2. The maximum Gasteiger partial charge on any atom is 0.336 e. The second kappa shape index (κ2) is 6.29. The summed E-state index contributed by atoms with van der Waals surface area (Å²) in [6.07, 6.45) is 0. The first kappa shape index (κ1) is 17.2. The third kappa shape index (κ3) is 3.26. The maximum absolute atomic E-state index is 11.7. The minimum absolute atomic E-state index is 0.0222. The van der Waals surface area contributed by atoms with Gasteiger partial charge in [-0.15, -0.1) is 0 Å². The van der Waals surface area contributed by atoms with Crippen molar-refractivity contribution in [2.24, 2.45) is 0 Å². The van der Waals surface area contributed by atoms with Gasteiger partial charge in [-0.25, -0.2) is 9.59 Å². The number of hydrogen-bond acceptors (Lipinski definition) is 2. The van der Waals surface area contributed by atoms with Gasteiger partial charge in [0.05, 0.1) is 11.1 Å². The molecule has 0 heterocycles. The van der Waals surface area contributed by atoms with Crippen molar-refractivity contribution in [1.82, 2.24) is 0 Å². The molecule has 0 aliphatic heterocycles. The fourth-order valence-corrected chi connectivity index (χ4v) is 2.71. The van der Waals surface area contributed by atoms with Crippen LogP contribution in [0.1, 0.15) is 96.7 Å². The van der Waals surface area contributed by atoms with E-state index in [1.807, 2.05) is 41.5 Å². The van der Waals surface area contributed by atoms with Gasteiger partial charge in [-0.1, -0.05) is 47.6 Å². The van der Waals surface area contributed by atoms with E-state index in [-0.39, 0.29) is 28.9 Å². The molecule has 0 aliphatic rings. The van der Waals surface area contributed by atoms with Gasteiger partial charge in [-0.05, 0) is 34.4 Å². The van der Waals surface area contributed by atoms with Gasteiger partial charge in [-0.3, -0.25) is 0 Å². The smallest absolute Gasteiger partial charge is 0.336 e. The van der Waals surface area contributed by atoms with Gasteiger partial charge >= 0.3 is 11.9 Å². The molecule has 21 heavy (non-hydrogen) atoms. The van der Waals surface area contributed by atoms with Crippen molar-refractivity contribution in [3.8, 4) is 0 Å². The Bertz CT molecular complexity index is 524. The zero-order valence-corrected chi connectivity index (χ0v) is 13.5. The highest BCUT2D eigenvalue weighted by atomic mass is 16.4.